The Morgan fingerprint density at radius 3 is 2.65 bits per heavy atom. The van der Waals surface area contributed by atoms with Crippen molar-refractivity contribution < 1.29 is 14.3 Å². The van der Waals surface area contributed by atoms with E-state index in [0.29, 0.717) is 35.1 Å². The van der Waals surface area contributed by atoms with Gasteiger partial charge in [0.25, 0.3) is 0 Å². The number of carbonyl (C=O) groups excluding carboxylic acids is 1. The predicted molar refractivity (Wildman–Crippen MR) is 100 cm³/mol. The van der Waals surface area contributed by atoms with E-state index >= 15 is 0 Å². The van der Waals surface area contributed by atoms with E-state index in [9.17, 15) is 4.79 Å². The second kappa shape index (κ2) is 8.76. The van der Waals surface area contributed by atoms with Crippen molar-refractivity contribution in [3.05, 3.63) is 76.9 Å². The highest BCUT2D eigenvalue weighted by Crippen LogP contribution is 2.28. The van der Waals surface area contributed by atoms with Crippen LogP contribution in [-0.2, 0) is 16.2 Å². The van der Waals surface area contributed by atoms with Crippen molar-refractivity contribution in [3.8, 4) is 11.3 Å². The Bertz CT molecular complexity index is 878. The number of carbonyl (C=O) groups is 1. The quantitative estimate of drug-likeness (QED) is 0.443. The molecule has 0 fully saturated rings. The second-order valence-corrected chi connectivity index (χ2v) is 6.08. The lowest BCUT2D eigenvalue weighted by molar-refractivity contribution is 0.0296. The summed E-state index contributed by atoms with van der Waals surface area (Å²) in [6.07, 6.45) is 1.57. The van der Waals surface area contributed by atoms with Gasteiger partial charge < -0.3 is 9.47 Å². The lowest BCUT2D eigenvalue weighted by atomic mass is 10.0. The van der Waals surface area contributed by atoms with Crippen LogP contribution in [0.1, 0.15) is 15.9 Å². The van der Waals surface area contributed by atoms with E-state index in [0.717, 1.165) is 5.56 Å². The number of halogens is 1. The summed E-state index contributed by atoms with van der Waals surface area (Å²) in [5, 5.41) is 4.94. The molecule has 1 aromatic heterocycles. The van der Waals surface area contributed by atoms with Crippen molar-refractivity contribution >= 4 is 17.4 Å². The number of benzene rings is 2. The summed E-state index contributed by atoms with van der Waals surface area (Å²) >= 11 is 6.15. The maximum atomic E-state index is 13.0. The molecule has 26 heavy (non-hydrogen) atoms. The van der Waals surface area contributed by atoms with Crippen LogP contribution in [0.2, 0.25) is 5.02 Å². The Labute approximate surface area is 157 Å². The molecule has 0 saturated carbocycles. The topological polar surface area (TPSA) is 53.4 Å². The van der Waals surface area contributed by atoms with Gasteiger partial charge >= 0.3 is 0 Å². The number of hydrogen-bond acceptors (Lipinski definition) is 4. The molecular weight excluding hydrogens is 352 g/mol. The molecule has 0 aliphatic heterocycles. The fourth-order valence-electron chi connectivity index (χ4n) is 2.63. The van der Waals surface area contributed by atoms with Gasteiger partial charge in [-0.1, -0.05) is 54.1 Å². The van der Waals surface area contributed by atoms with Gasteiger partial charge in [0.1, 0.15) is 6.73 Å². The van der Waals surface area contributed by atoms with Crippen LogP contribution in [0.5, 0.6) is 0 Å². The molecule has 0 aliphatic rings. The van der Waals surface area contributed by atoms with Gasteiger partial charge in [-0.2, -0.15) is 5.10 Å². The summed E-state index contributed by atoms with van der Waals surface area (Å²) in [5.41, 5.74) is 2.60. The fourth-order valence-corrected chi connectivity index (χ4v) is 2.82. The molecule has 5 nitrogen and oxygen atoms in total. The van der Waals surface area contributed by atoms with Gasteiger partial charge in [0, 0.05) is 23.3 Å². The van der Waals surface area contributed by atoms with Gasteiger partial charge in [-0.25, -0.2) is 4.68 Å². The fraction of sp³-hybridized carbons (Fsp3) is 0.200. The second-order valence-electron chi connectivity index (χ2n) is 5.64. The van der Waals surface area contributed by atoms with Crippen molar-refractivity contribution in [3.63, 3.8) is 0 Å². The van der Waals surface area contributed by atoms with Crippen molar-refractivity contribution in [2.45, 2.75) is 6.73 Å². The molecule has 0 atom stereocenters. The molecule has 3 rings (SSSR count). The van der Waals surface area contributed by atoms with Crippen LogP contribution >= 0.6 is 11.6 Å². The number of ether oxygens (including phenoxy) is 2. The summed E-state index contributed by atoms with van der Waals surface area (Å²) in [6, 6.07) is 16.5. The van der Waals surface area contributed by atoms with E-state index in [1.54, 1.807) is 36.2 Å². The average molecular weight is 371 g/mol. The standard InChI is InChI=1S/C20H19ClN2O3/c1-25-10-11-26-14-23-19(16-8-5-9-17(21)12-16)18(13-22-23)20(24)15-6-3-2-4-7-15/h2-9,12-13H,10-11,14H2,1H3. The van der Waals surface area contributed by atoms with Crippen molar-refractivity contribution in [2.75, 3.05) is 20.3 Å². The van der Waals surface area contributed by atoms with Crippen molar-refractivity contribution in [2.24, 2.45) is 0 Å². The van der Waals surface area contributed by atoms with Crippen LogP contribution in [0.4, 0.5) is 0 Å². The molecule has 2 aromatic carbocycles. The Kier molecular flexibility index (Phi) is 6.17. The molecule has 6 heteroatoms. The number of nitrogens with zero attached hydrogens (tertiary/aromatic N) is 2. The van der Waals surface area contributed by atoms with Crippen LogP contribution in [0.25, 0.3) is 11.3 Å². The zero-order valence-electron chi connectivity index (χ0n) is 14.4. The number of aromatic nitrogens is 2. The molecule has 0 saturated heterocycles. The molecule has 0 N–H and O–H groups in total. The van der Waals surface area contributed by atoms with Crippen LogP contribution in [-0.4, -0.2) is 35.9 Å². The summed E-state index contributed by atoms with van der Waals surface area (Å²) in [4.78, 5) is 13.0. The monoisotopic (exact) mass is 370 g/mol. The van der Waals surface area contributed by atoms with E-state index in [2.05, 4.69) is 5.10 Å². The zero-order chi connectivity index (χ0) is 18.4. The highest BCUT2D eigenvalue weighted by Gasteiger charge is 2.20. The van der Waals surface area contributed by atoms with Gasteiger partial charge in [-0.15, -0.1) is 0 Å². The van der Waals surface area contributed by atoms with Crippen LogP contribution < -0.4 is 0 Å². The predicted octanol–water partition coefficient (Wildman–Crippen LogP) is 4.06. The minimum atomic E-state index is -0.0938. The van der Waals surface area contributed by atoms with Crippen LogP contribution in [0, 0.1) is 0 Å². The first-order valence-corrected chi connectivity index (χ1v) is 8.56. The first-order valence-electron chi connectivity index (χ1n) is 8.19. The smallest absolute Gasteiger partial charge is 0.196 e. The Hall–Kier alpha value is -2.47. The number of methoxy groups -OCH3 is 1. The largest absolute Gasteiger partial charge is 0.382 e. The lowest BCUT2D eigenvalue weighted by Crippen LogP contribution is -2.11. The maximum absolute atomic E-state index is 13.0. The normalized spacial score (nSPS) is 10.8. The van der Waals surface area contributed by atoms with E-state index in [1.165, 1.54) is 0 Å². The minimum Gasteiger partial charge on any atom is -0.382 e. The van der Waals surface area contributed by atoms with E-state index in [-0.39, 0.29) is 12.5 Å². The number of hydrogen-bond donors (Lipinski definition) is 0. The zero-order valence-corrected chi connectivity index (χ0v) is 15.1. The van der Waals surface area contributed by atoms with Gasteiger partial charge in [0.2, 0.25) is 0 Å². The third kappa shape index (κ3) is 4.19. The summed E-state index contributed by atoms with van der Waals surface area (Å²) < 4.78 is 12.2. The SMILES string of the molecule is COCCOCn1ncc(C(=O)c2ccccc2)c1-c1cccc(Cl)c1. The molecule has 0 bridgehead atoms. The molecule has 134 valence electrons. The molecule has 1 heterocycles. The van der Waals surface area contributed by atoms with E-state index in [4.69, 9.17) is 21.1 Å². The van der Waals surface area contributed by atoms with E-state index < -0.39 is 0 Å². The number of ketones is 1. The Balaban J connectivity index is 1.99. The molecule has 3 aromatic rings. The van der Waals surface area contributed by atoms with Crippen molar-refractivity contribution in [1.29, 1.82) is 0 Å². The molecule has 0 aliphatic carbocycles. The lowest BCUT2D eigenvalue weighted by Gasteiger charge is -2.11. The van der Waals surface area contributed by atoms with Crippen LogP contribution in [0.15, 0.2) is 60.8 Å². The van der Waals surface area contributed by atoms with Crippen LogP contribution in [0.3, 0.4) is 0 Å². The molecule has 0 amide bonds. The minimum absolute atomic E-state index is 0.0938. The summed E-state index contributed by atoms with van der Waals surface area (Å²) in [5.74, 6) is -0.0938. The molecule has 0 unspecified atom stereocenters. The van der Waals surface area contributed by atoms with Gasteiger partial charge in [-0.05, 0) is 12.1 Å². The first kappa shape index (κ1) is 18.3. The molecule has 0 spiro atoms. The maximum Gasteiger partial charge on any atom is 0.196 e. The summed E-state index contributed by atoms with van der Waals surface area (Å²) in [6.45, 7) is 1.14. The average Bonchev–Trinajstić information content (AvgIpc) is 3.09. The van der Waals surface area contributed by atoms with Crippen molar-refractivity contribution in [1.82, 2.24) is 9.78 Å². The first-order chi connectivity index (χ1) is 12.7. The van der Waals surface area contributed by atoms with Gasteiger partial charge in [-0.3, -0.25) is 4.79 Å². The third-order valence-electron chi connectivity index (χ3n) is 3.86. The van der Waals surface area contributed by atoms with Gasteiger partial charge in [0.15, 0.2) is 5.78 Å². The highest BCUT2D eigenvalue weighted by atomic mass is 35.5. The van der Waals surface area contributed by atoms with E-state index in [1.807, 2.05) is 36.4 Å². The Morgan fingerprint density at radius 1 is 1.12 bits per heavy atom. The third-order valence-corrected chi connectivity index (χ3v) is 4.10. The summed E-state index contributed by atoms with van der Waals surface area (Å²) in [7, 11) is 1.62. The molecular formula is C20H19ClN2O3. The van der Waals surface area contributed by atoms with Gasteiger partial charge in [0.05, 0.1) is 30.7 Å². The Morgan fingerprint density at radius 2 is 1.92 bits per heavy atom. The number of rotatable bonds is 8. The highest BCUT2D eigenvalue weighted by molar-refractivity contribution is 6.30. The molecule has 0 radical (unpaired) electrons.